The maximum Gasteiger partial charge on any atom is 0.0597 e. The molecule has 1 aromatic rings. The molecular weight excluding hydrogens is 224 g/mol. The molecule has 2 aliphatic heterocycles. The van der Waals surface area contributed by atoms with E-state index in [0.717, 1.165) is 26.3 Å². The summed E-state index contributed by atoms with van der Waals surface area (Å²) in [6.07, 6.45) is 2.57. The molecular formula is C15H22N2O. The zero-order valence-corrected chi connectivity index (χ0v) is 10.8. The Balaban J connectivity index is 1.84. The highest BCUT2D eigenvalue weighted by atomic mass is 16.5. The van der Waals surface area contributed by atoms with Gasteiger partial charge in [-0.2, -0.15) is 0 Å². The van der Waals surface area contributed by atoms with Gasteiger partial charge in [-0.3, -0.25) is 0 Å². The van der Waals surface area contributed by atoms with E-state index in [1.165, 1.54) is 24.0 Å². The van der Waals surface area contributed by atoms with E-state index >= 15 is 0 Å². The largest absolute Gasteiger partial charge is 0.379 e. The Morgan fingerprint density at radius 1 is 1.39 bits per heavy atom. The second-order valence-corrected chi connectivity index (χ2v) is 5.65. The smallest absolute Gasteiger partial charge is 0.0597 e. The van der Waals surface area contributed by atoms with E-state index in [1.54, 1.807) is 0 Å². The molecule has 2 saturated heterocycles. The van der Waals surface area contributed by atoms with Crippen molar-refractivity contribution in [3.8, 4) is 0 Å². The van der Waals surface area contributed by atoms with Crippen LogP contribution in [0.4, 0.5) is 0 Å². The molecule has 0 spiro atoms. The number of benzene rings is 1. The first-order chi connectivity index (χ1) is 8.84. The normalized spacial score (nSPS) is 26.6. The minimum Gasteiger partial charge on any atom is -0.379 e. The van der Waals surface area contributed by atoms with Crippen molar-refractivity contribution in [2.24, 2.45) is 5.73 Å². The minimum absolute atomic E-state index is 0.0815. The van der Waals surface area contributed by atoms with E-state index < -0.39 is 0 Å². The van der Waals surface area contributed by atoms with Crippen LogP contribution in [-0.2, 0) is 10.2 Å². The van der Waals surface area contributed by atoms with Gasteiger partial charge >= 0.3 is 0 Å². The van der Waals surface area contributed by atoms with Crippen molar-refractivity contribution in [2.45, 2.75) is 24.2 Å². The average molecular weight is 246 g/mol. The lowest BCUT2D eigenvalue weighted by atomic mass is 9.77. The van der Waals surface area contributed by atoms with E-state index in [-0.39, 0.29) is 5.41 Å². The highest BCUT2D eigenvalue weighted by Gasteiger charge is 2.39. The van der Waals surface area contributed by atoms with E-state index in [2.05, 4.69) is 29.6 Å². The Hall–Kier alpha value is -0.900. The van der Waals surface area contributed by atoms with E-state index in [9.17, 15) is 0 Å². The van der Waals surface area contributed by atoms with E-state index in [1.807, 2.05) is 0 Å². The zero-order chi connectivity index (χ0) is 12.4. The van der Waals surface area contributed by atoms with Crippen molar-refractivity contribution in [1.29, 1.82) is 0 Å². The number of hydrogen-bond acceptors (Lipinski definition) is 3. The van der Waals surface area contributed by atoms with Gasteiger partial charge in [0.05, 0.1) is 18.6 Å². The van der Waals surface area contributed by atoms with Crippen LogP contribution in [0.1, 0.15) is 29.9 Å². The van der Waals surface area contributed by atoms with Crippen LogP contribution in [0.15, 0.2) is 24.3 Å². The van der Waals surface area contributed by atoms with Crippen LogP contribution in [0.25, 0.3) is 0 Å². The van der Waals surface area contributed by atoms with Crippen LogP contribution in [-0.4, -0.2) is 32.8 Å². The lowest BCUT2D eigenvalue weighted by Crippen LogP contribution is -2.52. The Labute approximate surface area is 109 Å². The summed E-state index contributed by atoms with van der Waals surface area (Å²) in [5.74, 6) is 0.662. The summed E-state index contributed by atoms with van der Waals surface area (Å²) in [7, 11) is 0. The molecule has 3 nitrogen and oxygen atoms in total. The molecule has 2 aliphatic rings. The summed E-state index contributed by atoms with van der Waals surface area (Å²) >= 11 is 0. The second kappa shape index (κ2) is 5.00. The fourth-order valence-corrected chi connectivity index (χ4v) is 3.01. The van der Waals surface area contributed by atoms with Crippen LogP contribution < -0.4 is 11.1 Å². The average Bonchev–Trinajstić information content (AvgIpc) is 2.40. The molecule has 98 valence electrons. The standard InChI is InChI=1S/C15H22N2O/c16-9-15(10-18-11-15)14-5-1-3-12(7-14)13-4-2-6-17-8-13/h1,3,5,7,13,17H,2,4,6,8-11,16H2. The molecule has 1 atom stereocenters. The quantitative estimate of drug-likeness (QED) is 0.847. The highest BCUT2D eigenvalue weighted by molar-refractivity contribution is 5.34. The van der Waals surface area contributed by atoms with E-state index in [0.29, 0.717) is 12.5 Å². The third-order valence-electron chi connectivity index (χ3n) is 4.41. The van der Waals surface area contributed by atoms with Gasteiger partial charge in [-0.25, -0.2) is 0 Å². The Bertz CT molecular complexity index is 403. The first-order valence-electron chi connectivity index (χ1n) is 6.93. The van der Waals surface area contributed by atoms with Gasteiger partial charge in [-0.15, -0.1) is 0 Å². The summed E-state index contributed by atoms with van der Waals surface area (Å²) in [5, 5.41) is 3.48. The molecule has 2 fully saturated rings. The third-order valence-corrected chi connectivity index (χ3v) is 4.41. The van der Waals surface area contributed by atoms with Crippen molar-refractivity contribution >= 4 is 0 Å². The van der Waals surface area contributed by atoms with Crippen LogP contribution in [0, 0.1) is 0 Å². The number of ether oxygens (including phenoxy) is 1. The summed E-state index contributed by atoms with van der Waals surface area (Å²) in [4.78, 5) is 0. The maximum atomic E-state index is 5.94. The first kappa shape index (κ1) is 12.2. The molecule has 0 aromatic heterocycles. The fourth-order valence-electron chi connectivity index (χ4n) is 3.01. The highest BCUT2D eigenvalue weighted by Crippen LogP contribution is 2.33. The van der Waals surface area contributed by atoms with Crippen molar-refractivity contribution in [2.75, 3.05) is 32.8 Å². The molecule has 3 N–H and O–H groups in total. The fraction of sp³-hybridized carbons (Fsp3) is 0.600. The van der Waals surface area contributed by atoms with Gasteiger partial charge in [-0.05, 0) is 36.4 Å². The Kier molecular flexibility index (Phi) is 3.37. The number of hydrogen-bond donors (Lipinski definition) is 2. The lowest BCUT2D eigenvalue weighted by Gasteiger charge is -2.41. The number of rotatable bonds is 3. The predicted molar refractivity (Wildman–Crippen MR) is 72.8 cm³/mol. The van der Waals surface area contributed by atoms with Crippen molar-refractivity contribution in [3.63, 3.8) is 0 Å². The molecule has 3 rings (SSSR count). The molecule has 0 saturated carbocycles. The van der Waals surface area contributed by atoms with Gasteiger partial charge in [0.15, 0.2) is 0 Å². The van der Waals surface area contributed by atoms with Gasteiger partial charge in [0.25, 0.3) is 0 Å². The minimum atomic E-state index is 0.0815. The van der Waals surface area contributed by atoms with Gasteiger partial charge in [0.2, 0.25) is 0 Å². The van der Waals surface area contributed by atoms with Crippen molar-refractivity contribution in [1.82, 2.24) is 5.32 Å². The maximum absolute atomic E-state index is 5.94. The lowest BCUT2D eigenvalue weighted by molar-refractivity contribution is -0.0550. The molecule has 0 aliphatic carbocycles. The molecule has 1 aromatic carbocycles. The number of nitrogens with two attached hydrogens (primary N) is 1. The summed E-state index contributed by atoms with van der Waals surface area (Å²) < 4.78 is 5.38. The summed E-state index contributed by atoms with van der Waals surface area (Å²) in [6, 6.07) is 8.99. The third kappa shape index (κ3) is 2.07. The monoisotopic (exact) mass is 246 g/mol. The van der Waals surface area contributed by atoms with Crippen molar-refractivity contribution in [3.05, 3.63) is 35.4 Å². The topological polar surface area (TPSA) is 47.3 Å². The summed E-state index contributed by atoms with van der Waals surface area (Å²) in [6.45, 7) is 4.50. The number of piperidine rings is 1. The van der Waals surface area contributed by atoms with Gasteiger partial charge in [-0.1, -0.05) is 24.3 Å². The van der Waals surface area contributed by atoms with Crippen LogP contribution in [0.3, 0.4) is 0 Å². The molecule has 1 unspecified atom stereocenters. The Morgan fingerprint density at radius 2 is 2.28 bits per heavy atom. The molecule has 2 heterocycles. The van der Waals surface area contributed by atoms with Crippen LogP contribution in [0.5, 0.6) is 0 Å². The molecule has 3 heteroatoms. The summed E-state index contributed by atoms with van der Waals surface area (Å²) in [5.41, 5.74) is 8.84. The Morgan fingerprint density at radius 3 is 2.89 bits per heavy atom. The molecule has 0 amide bonds. The van der Waals surface area contributed by atoms with Gasteiger partial charge in [0, 0.05) is 13.1 Å². The molecule has 0 radical (unpaired) electrons. The van der Waals surface area contributed by atoms with Crippen molar-refractivity contribution < 1.29 is 4.74 Å². The van der Waals surface area contributed by atoms with Gasteiger partial charge < -0.3 is 15.8 Å². The number of nitrogens with one attached hydrogen (secondary N) is 1. The molecule has 18 heavy (non-hydrogen) atoms. The van der Waals surface area contributed by atoms with Crippen LogP contribution >= 0.6 is 0 Å². The second-order valence-electron chi connectivity index (χ2n) is 5.65. The predicted octanol–water partition coefficient (Wildman–Crippen LogP) is 1.38. The first-order valence-corrected chi connectivity index (χ1v) is 6.93. The van der Waals surface area contributed by atoms with Crippen LogP contribution in [0.2, 0.25) is 0 Å². The SMILES string of the molecule is NCC1(c2cccc(C3CCCNC3)c2)COC1. The van der Waals surface area contributed by atoms with E-state index in [4.69, 9.17) is 10.5 Å². The molecule has 0 bridgehead atoms. The van der Waals surface area contributed by atoms with Gasteiger partial charge in [0.1, 0.15) is 0 Å². The zero-order valence-electron chi connectivity index (χ0n) is 10.8.